The number of aromatic nitrogens is 3. The van der Waals surface area contributed by atoms with Gasteiger partial charge in [-0.3, -0.25) is 4.98 Å². The molecule has 6 heteroatoms. The van der Waals surface area contributed by atoms with E-state index in [0.29, 0.717) is 18.9 Å². The summed E-state index contributed by atoms with van der Waals surface area (Å²) in [5.41, 5.74) is 2.10. The molecule has 0 atom stereocenters. The van der Waals surface area contributed by atoms with E-state index in [1.807, 2.05) is 60.7 Å². The Morgan fingerprint density at radius 3 is 2.22 bits per heavy atom. The van der Waals surface area contributed by atoms with Crippen LogP contribution >= 0.6 is 0 Å². The fraction of sp³-hybridized carbons (Fsp3) is 0.0952. The Bertz CT molecular complexity index is 972. The van der Waals surface area contributed by atoms with Crippen molar-refractivity contribution < 1.29 is 4.42 Å². The highest BCUT2D eigenvalue weighted by atomic mass is 16.3. The number of hydrogen-bond donors (Lipinski definition) is 2. The Morgan fingerprint density at radius 1 is 0.778 bits per heavy atom. The quantitative estimate of drug-likeness (QED) is 0.512. The summed E-state index contributed by atoms with van der Waals surface area (Å²) in [5, 5.41) is 6.66. The summed E-state index contributed by atoms with van der Waals surface area (Å²) in [7, 11) is 0. The van der Waals surface area contributed by atoms with Gasteiger partial charge in [-0.05, 0) is 29.8 Å². The Labute approximate surface area is 157 Å². The van der Waals surface area contributed by atoms with Crippen LogP contribution in [0.15, 0.2) is 83.7 Å². The van der Waals surface area contributed by atoms with E-state index in [2.05, 4.69) is 25.6 Å². The normalized spacial score (nSPS) is 10.5. The summed E-state index contributed by atoms with van der Waals surface area (Å²) >= 11 is 0. The van der Waals surface area contributed by atoms with Crippen LogP contribution in [0.4, 0.5) is 11.6 Å². The summed E-state index contributed by atoms with van der Waals surface area (Å²) in [6, 6.07) is 19.6. The number of anilines is 2. The number of nitrogens with zero attached hydrogens (tertiary/aromatic N) is 3. The zero-order valence-electron chi connectivity index (χ0n) is 14.7. The Morgan fingerprint density at radius 2 is 1.52 bits per heavy atom. The van der Waals surface area contributed by atoms with Crippen LogP contribution in [-0.2, 0) is 13.1 Å². The largest absolute Gasteiger partial charge is 0.467 e. The first-order valence-electron chi connectivity index (χ1n) is 8.70. The van der Waals surface area contributed by atoms with Gasteiger partial charge in [-0.25, -0.2) is 9.97 Å². The predicted octanol–water partition coefficient (Wildman–Crippen LogP) is 4.36. The predicted molar refractivity (Wildman–Crippen MR) is 105 cm³/mol. The van der Waals surface area contributed by atoms with Gasteiger partial charge in [-0.1, -0.05) is 30.3 Å². The van der Waals surface area contributed by atoms with Gasteiger partial charge in [-0.15, -0.1) is 0 Å². The molecule has 0 bridgehead atoms. The highest BCUT2D eigenvalue weighted by Crippen LogP contribution is 2.21. The molecule has 0 aliphatic heterocycles. The van der Waals surface area contributed by atoms with Gasteiger partial charge in [0.25, 0.3) is 0 Å². The zero-order chi connectivity index (χ0) is 18.3. The van der Waals surface area contributed by atoms with Crippen molar-refractivity contribution in [3.63, 3.8) is 0 Å². The van der Waals surface area contributed by atoms with Gasteiger partial charge in [0.2, 0.25) is 0 Å². The molecular weight excluding hydrogens is 338 g/mol. The van der Waals surface area contributed by atoms with Crippen molar-refractivity contribution >= 4 is 11.6 Å². The van der Waals surface area contributed by atoms with Crippen LogP contribution in [0.1, 0.15) is 11.3 Å². The molecule has 0 amide bonds. The van der Waals surface area contributed by atoms with Gasteiger partial charge in [-0.2, -0.15) is 0 Å². The highest BCUT2D eigenvalue weighted by molar-refractivity contribution is 5.61. The summed E-state index contributed by atoms with van der Waals surface area (Å²) in [5.74, 6) is 3.00. The van der Waals surface area contributed by atoms with Gasteiger partial charge < -0.3 is 15.1 Å². The maximum atomic E-state index is 5.38. The molecule has 2 N–H and O–H groups in total. The second kappa shape index (κ2) is 8.14. The van der Waals surface area contributed by atoms with Crippen LogP contribution in [0.5, 0.6) is 0 Å². The summed E-state index contributed by atoms with van der Waals surface area (Å²) < 4.78 is 5.38. The molecular formula is C21H19N5O. The van der Waals surface area contributed by atoms with Gasteiger partial charge in [0.1, 0.15) is 17.4 Å². The van der Waals surface area contributed by atoms with Crippen molar-refractivity contribution in [1.29, 1.82) is 0 Å². The fourth-order valence-electron chi connectivity index (χ4n) is 2.63. The molecule has 3 heterocycles. The third-order valence-electron chi connectivity index (χ3n) is 4.00. The average molecular weight is 357 g/mol. The fourth-order valence-corrected chi connectivity index (χ4v) is 2.63. The average Bonchev–Trinajstić information content (AvgIpc) is 3.26. The van der Waals surface area contributed by atoms with Crippen molar-refractivity contribution in [2.75, 3.05) is 10.6 Å². The van der Waals surface area contributed by atoms with Crippen LogP contribution in [-0.4, -0.2) is 15.0 Å². The molecule has 27 heavy (non-hydrogen) atoms. The van der Waals surface area contributed by atoms with Crippen molar-refractivity contribution in [2.24, 2.45) is 0 Å². The third-order valence-corrected chi connectivity index (χ3v) is 4.00. The highest BCUT2D eigenvalue weighted by Gasteiger charge is 2.08. The standard InChI is InChI=1S/C21H19N5O/c1-2-5-17(6-3-1)21-25-19(23-14-16-8-10-22-11-9-16)13-20(26-21)24-15-18-7-4-12-27-18/h1-13H,14-15H2,(H2,23,24,25,26). The molecule has 4 aromatic rings. The number of benzene rings is 1. The molecule has 0 radical (unpaired) electrons. The van der Waals surface area contributed by atoms with Crippen molar-refractivity contribution in [3.05, 3.63) is 90.6 Å². The molecule has 0 saturated carbocycles. The minimum Gasteiger partial charge on any atom is -0.467 e. The second-order valence-electron chi connectivity index (χ2n) is 5.97. The van der Waals surface area contributed by atoms with Gasteiger partial charge >= 0.3 is 0 Å². The lowest BCUT2D eigenvalue weighted by Gasteiger charge is -2.11. The summed E-state index contributed by atoms with van der Waals surface area (Å²) in [6.07, 6.45) is 5.22. The second-order valence-corrected chi connectivity index (χ2v) is 5.97. The molecule has 0 aliphatic carbocycles. The molecule has 6 nitrogen and oxygen atoms in total. The molecule has 0 unspecified atom stereocenters. The van der Waals surface area contributed by atoms with Gasteiger partial charge in [0.05, 0.1) is 12.8 Å². The van der Waals surface area contributed by atoms with E-state index < -0.39 is 0 Å². The van der Waals surface area contributed by atoms with E-state index >= 15 is 0 Å². The lowest BCUT2D eigenvalue weighted by molar-refractivity contribution is 0.518. The Hall–Kier alpha value is -3.67. The van der Waals surface area contributed by atoms with Crippen molar-refractivity contribution in [2.45, 2.75) is 13.1 Å². The van der Waals surface area contributed by atoms with Crippen molar-refractivity contribution in [1.82, 2.24) is 15.0 Å². The molecule has 0 fully saturated rings. The summed E-state index contributed by atoms with van der Waals surface area (Å²) in [6.45, 7) is 1.22. The number of rotatable bonds is 7. The minimum atomic E-state index is 0.558. The van der Waals surface area contributed by atoms with Crippen molar-refractivity contribution in [3.8, 4) is 11.4 Å². The van der Waals surface area contributed by atoms with Crippen LogP contribution in [0.3, 0.4) is 0 Å². The smallest absolute Gasteiger partial charge is 0.163 e. The summed E-state index contributed by atoms with van der Waals surface area (Å²) in [4.78, 5) is 13.4. The molecule has 0 spiro atoms. The van der Waals surface area contributed by atoms with Gasteiger partial charge in [0.15, 0.2) is 5.82 Å². The molecule has 0 aliphatic rings. The molecule has 0 saturated heterocycles. The number of pyridine rings is 1. The van der Waals surface area contributed by atoms with E-state index in [0.717, 1.165) is 28.5 Å². The first-order valence-corrected chi connectivity index (χ1v) is 8.70. The maximum absolute atomic E-state index is 5.38. The lowest BCUT2D eigenvalue weighted by Crippen LogP contribution is -2.07. The van der Waals surface area contributed by atoms with E-state index in [-0.39, 0.29) is 0 Å². The SMILES string of the molecule is c1ccc(-c2nc(NCc3ccncc3)cc(NCc3ccco3)n2)cc1. The topological polar surface area (TPSA) is 75.9 Å². The monoisotopic (exact) mass is 357 g/mol. The van der Waals surface area contributed by atoms with E-state index in [4.69, 9.17) is 4.42 Å². The molecule has 1 aromatic carbocycles. The zero-order valence-corrected chi connectivity index (χ0v) is 14.7. The van der Waals surface area contributed by atoms with Crippen LogP contribution in [0.25, 0.3) is 11.4 Å². The lowest BCUT2D eigenvalue weighted by atomic mass is 10.2. The molecule has 134 valence electrons. The molecule has 3 aromatic heterocycles. The van der Waals surface area contributed by atoms with Crippen LogP contribution < -0.4 is 10.6 Å². The third kappa shape index (κ3) is 4.49. The number of nitrogens with one attached hydrogen (secondary N) is 2. The minimum absolute atomic E-state index is 0.558. The first-order chi connectivity index (χ1) is 13.4. The van der Waals surface area contributed by atoms with Crippen LogP contribution in [0.2, 0.25) is 0 Å². The van der Waals surface area contributed by atoms with E-state index in [1.165, 1.54) is 0 Å². The Kier molecular flexibility index (Phi) is 5.06. The Balaban J connectivity index is 1.57. The first kappa shape index (κ1) is 16.8. The van der Waals surface area contributed by atoms with Gasteiger partial charge in [0, 0.05) is 30.6 Å². The van der Waals surface area contributed by atoms with E-state index in [1.54, 1.807) is 18.7 Å². The molecule has 4 rings (SSSR count). The van der Waals surface area contributed by atoms with E-state index in [9.17, 15) is 0 Å². The number of hydrogen-bond acceptors (Lipinski definition) is 6. The number of furan rings is 1. The maximum Gasteiger partial charge on any atom is 0.163 e. The van der Waals surface area contributed by atoms with Crippen LogP contribution in [0, 0.1) is 0 Å².